The molecule has 0 radical (unpaired) electrons. The highest BCUT2D eigenvalue weighted by molar-refractivity contribution is 5.74. The van der Waals surface area contributed by atoms with Gasteiger partial charge in [-0.05, 0) is 55.2 Å². The fourth-order valence-electron chi connectivity index (χ4n) is 5.16. The van der Waals surface area contributed by atoms with Gasteiger partial charge in [-0.1, -0.05) is 36.4 Å². The Morgan fingerprint density at radius 3 is 2.49 bits per heavy atom. The largest absolute Gasteiger partial charge is 0.468 e. The Hall–Kier alpha value is -4.11. The molecule has 39 heavy (non-hydrogen) atoms. The molecule has 2 aliphatic rings. The van der Waals surface area contributed by atoms with E-state index in [2.05, 4.69) is 38.1 Å². The molecule has 0 spiro atoms. The molecule has 9 heteroatoms. The van der Waals surface area contributed by atoms with E-state index in [9.17, 15) is 9.59 Å². The predicted octanol–water partition coefficient (Wildman–Crippen LogP) is 4.93. The number of nitrogens with one attached hydrogen (secondary N) is 1. The first kappa shape index (κ1) is 26.5. The number of rotatable bonds is 9. The van der Waals surface area contributed by atoms with Gasteiger partial charge in [0.2, 0.25) is 5.88 Å². The molecule has 2 saturated heterocycles. The third-order valence-corrected chi connectivity index (χ3v) is 7.35. The number of pyridine rings is 1. The van der Waals surface area contributed by atoms with Gasteiger partial charge in [0.25, 0.3) is 0 Å². The number of cyclic esters (lactones) is 1. The fraction of sp³-hybridized carbons (Fsp3) is 0.367. The maximum absolute atomic E-state index is 12.6. The maximum Gasteiger partial charge on any atom is 0.410 e. The average Bonchev–Trinajstić information content (AvgIpc) is 3.36. The van der Waals surface area contributed by atoms with E-state index in [1.165, 1.54) is 7.11 Å². The number of piperidine rings is 1. The summed E-state index contributed by atoms with van der Waals surface area (Å²) in [6.45, 7) is 5.14. The van der Waals surface area contributed by atoms with Crippen LogP contribution in [0.3, 0.4) is 0 Å². The Morgan fingerprint density at radius 2 is 1.79 bits per heavy atom. The number of aryl methyl sites for hydroxylation is 1. The van der Waals surface area contributed by atoms with Crippen LogP contribution >= 0.6 is 0 Å². The average molecular weight is 531 g/mol. The molecule has 0 aliphatic carbocycles. The van der Waals surface area contributed by atoms with Crippen LogP contribution in [0.1, 0.15) is 35.7 Å². The number of anilines is 1. The van der Waals surface area contributed by atoms with Crippen molar-refractivity contribution in [2.75, 3.05) is 38.7 Å². The number of hydrogen-bond acceptors (Lipinski definition) is 8. The van der Waals surface area contributed by atoms with Crippen molar-refractivity contribution in [2.45, 2.75) is 38.4 Å². The molecule has 2 aliphatic heterocycles. The first-order chi connectivity index (χ1) is 19.0. The van der Waals surface area contributed by atoms with Gasteiger partial charge >= 0.3 is 12.1 Å². The minimum Gasteiger partial charge on any atom is -0.468 e. The number of methoxy groups -OCH3 is 1. The van der Waals surface area contributed by atoms with E-state index in [0.29, 0.717) is 18.2 Å². The second kappa shape index (κ2) is 12.2. The van der Waals surface area contributed by atoms with Gasteiger partial charge < -0.3 is 19.5 Å². The smallest absolute Gasteiger partial charge is 0.410 e. The molecule has 0 saturated carbocycles. The first-order valence-corrected chi connectivity index (χ1v) is 13.3. The molecule has 9 nitrogen and oxygen atoms in total. The summed E-state index contributed by atoms with van der Waals surface area (Å²) >= 11 is 0. The Kier molecular flexibility index (Phi) is 8.27. The van der Waals surface area contributed by atoms with Gasteiger partial charge in [-0.25, -0.2) is 9.78 Å². The van der Waals surface area contributed by atoms with Crippen LogP contribution < -0.4 is 10.1 Å². The molecular formula is C30H34N4O5. The standard InChI is InChI=1S/C30H34N4O5/c1-21-23(8-13-28(32-21)39-26-11-9-24(10-12-26)31-18-29(35)37-2)19-33-16-14-25(15-17-33)34-27(20-38-30(34)36)22-6-4-3-5-7-22/h3-13,25,27,31H,14-20H2,1-2H3/t27-/m0/s1. The number of aromatic nitrogens is 1. The third-order valence-electron chi connectivity index (χ3n) is 7.35. The molecule has 0 unspecified atom stereocenters. The van der Waals surface area contributed by atoms with Crippen molar-refractivity contribution >= 4 is 17.7 Å². The van der Waals surface area contributed by atoms with Gasteiger partial charge in [0, 0.05) is 43.1 Å². The quantitative estimate of drug-likeness (QED) is 0.390. The first-order valence-electron chi connectivity index (χ1n) is 13.3. The topological polar surface area (TPSA) is 93.2 Å². The second-order valence-corrected chi connectivity index (χ2v) is 9.87. The molecule has 1 aromatic heterocycles. The molecule has 0 bridgehead atoms. The van der Waals surface area contributed by atoms with Crippen molar-refractivity contribution in [3.63, 3.8) is 0 Å². The zero-order chi connectivity index (χ0) is 27.2. The van der Waals surface area contributed by atoms with E-state index in [0.717, 1.165) is 55.0 Å². The summed E-state index contributed by atoms with van der Waals surface area (Å²) in [5.41, 5.74) is 4.01. The van der Waals surface area contributed by atoms with E-state index in [1.54, 1.807) is 0 Å². The highest BCUT2D eigenvalue weighted by Crippen LogP contribution is 2.33. The molecule has 5 rings (SSSR count). The Balaban J connectivity index is 1.13. The monoisotopic (exact) mass is 530 g/mol. The molecular weight excluding hydrogens is 496 g/mol. The van der Waals surface area contributed by atoms with Crippen LogP contribution in [0.15, 0.2) is 66.7 Å². The summed E-state index contributed by atoms with van der Waals surface area (Å²) in [7, 11) is 1.36. The summed E-state index contributed by atoms with van der Waals surface area (Å²) < 4.78 is 16.0. The van der Waals surface area contributed by atoms with Crippen LogP contribution in [-0.2, 0) is 20.8 Å². The number of esters is 1. The van der Waals surface area contributed by atoms with Crippen molar-refractivity contribution in [1.82, 2.24) is 14.8 Å². The van der Waals surface area contributed by atoms with E-state index in [-0.39, 0.29) is 30.7 Å². The van der Waals surface area contributed by atoms with Gasteiger partial charge in [-0.2, -0.15) is 0 Å². The summed E-state index contributed by atoms with van der Waals surface area (Å²) in [6, 6.07) is 21.6. The lowest BCUT2D eigenvalue weighted by Gasteiger charge is -2.38. The van der Waals surface area contributed by atoms with Crippen LogP contribution in [0, 0.1) is 6.92 Å². The minimum absolute atomic E-state index is 0.0124. The zero-order valence-electron chi connectivity index (χ0n) is 22.3. The summed E-state index contributed by atoms with van der Waals surface area (Å²) in [6.07, 6.45) is 1.62. The summed E-state index contributed by atoms with van der Waals surface area (Å²) in [5, 5.41) is 3.00. The van der Waals surface area contributed by atoms with E-state index in [4.69, 9.17) is 9.47 Å². The lowest BCUT2D eigenvalue weighted by atomic mass is 9.98. The molecule has 3 aromatic rings. The van der Waals surface area contributed by atoms with Crippen LogP contribution in [0.5, 0.6) is 11.6 Å². The van der Waals surface area contributed by atoms with Gasteiger partial charge in [0.15, 0.2) is 0 Å². The fourth-order valence-corrected chi connectivity index (χ4v) is 5.16. The highest BCUT2D eigenvalue weighted by atomic mass is 16.6. The Bertz CT molecular complexity index is 1280. The minimum atomic E-state index is -0.326. The number of nitrogens with zero attached hydrogens (tertiary/aromatic N) is 3. The number of amides is 1. The molecule has 2 fully saturated rings. The van der Waals surface area contributed by atoms with Gasteiger partial charge in [-0.3, -0.25) is 14.6 Å². The molecule has 3 heterocycles. The molecule has 1 amide bonds. The van der Waals surface area contributed by atoms with Gasteiger partial charge in [0.1, 0.15) is 18.9 Å². The Morgan fingerprint density at radius 1 is 1.05 bits per heavy atom. The predicted molar refractivity (Wildman–Crippen MR) is 147 cm³/mol. The number of benzene rings is 2. The summed E-state index contributed by atoms with van der Waals surface area (Å²) in [4.78, 5) is 32.9. The van der Waals surface area contributed by atoms with Crippen molar-refractivity contribution in [3.8, 4) is 11.6 Å². The number of hydrogen-bond donors (Lipinski definition) is 1. The van der Waals surface area contributed by atoms with Crippen LogP contribution in [0.4, 0.5) is 10.5 Å². The third kappa shape index (κ3) is 6.49. The second-order valence-electron chi connectivity index (χ2n) is 9.87. The SMILES string of the molecule is COC(=O)CNc1ccc(Oc2ccc(CN3CCC(N4C(=O)OC[C@H]4c4ccccc4)CC3)c(C)n2)cc1. The molecule has 1 N–H and O–H groups in total. The van der Waals surface area contributed by atoms with Crippen molar-refractivity contribution in [2.24, 2.45) is 0 Å². The normalized spacial score (nSPS) is 18.1. The van der Waals surface area contributed by atoms with Gasteiger partial charge in [-0.15, -0.1) is 0 Å². The lowest BCUT2D eigenvalue weighted by molar-refractivity contribution is -0.138. The van der Waals surface area contributed by atoms with Crippen LogP contribution in [0.2, 0.25) is 0 Å². The molecule has 204 valence electrons. The molecule has 1 atom stereocenters. The van der Waals surface area contributed by atoms with Crippen molar-refractivity contribution in [1.29, 1.82) is 0 Å². The highest BCUT2D eigenvalue weighted by Gasteiger charge is 2.40. The lowest BCUT2D eigenvalue weighted by Crippen LogP contribution is -2.46. The van der Waals surface area contributed by atoms with E-state index in [1.807, 2.05) is 60.4 Å². The number of carbonyl (C=O) groups is 2. The van der Waals surface area contributed by atoms with E-state index < -0.39 is 0 Å². The number of likely N-dealkylation sites (tertiary alicyclic amines) is 1. The van der Waals surface area contributed by atoms with Crippen molar-refractivity contribution in [3.05, 3.63) is 83.6 Å². The van der Waals surface area contributed by atoms with Crippen molar-refractivity contribution < 1.29 is 23.8 Å². The van der Waals surface area contributed by atoms with Gasteiger partial charge in [0.05, 0.1) is 13.2 Å². The molecule has 2 aromatic carbocycles. The van der Waals surface area contributed by atoms with E-state index >= 15 is 0 Å². The summed E-state index contributed by atoms with van der Waals surface area (Å²) in [5.74, 6) is 0.867. The van der Waals surface area contributed by atoms with Crippen LogP contribution in [0.25, 0.3) is 0 Å². The maximum atomic E-state index is 12.6. The zero-order valence-corrected chi connectivity index (χ0v) is 22.3. The Labute approximate surface area is 228 Å². The number of carbonyl (C=O) groups excluding carboxylic acids is 2. The number of ether oxygens (including phenoxy) is 3. The van der Waals surface area contributed by atoms with Crippen LogP contribution in [-0.4, -0.2) is 66.2 Å².